The van der Waals surface area contributed by atoms with Gasteiger partial charge in [0.05, 0.1) is 5.56 Å². The van der Waals surface area contributed by atoms with Crippen molar-refractivity contribution in [2.45, 2.75) is 25.9 Å². The average molecular weight is 266 g/mol. The molecule has 0 aromatic heterocycles. The Morgan fingerprint density at radius 1 is 0.950 bits per heavy atom. The molecule has 1 amide bonds. The molecule has 0 unspecified atom stereocenters. The highest BCUT2D eigenvalue weighted by atomic mass is 16.2. The fourth-order valence-corrected chi connectivity index (χ4v) is 2.45. The number of hydrogen-bond acceptors (Lipinski definition) is 2. The largest absolute Gasteiger partial charge is 0.361 e. The second-order valence-electron chi connectivity index (χ2n) is 5.42. The number of nitrogens with one attached hydrogen (secondary N) is 2. The SMILES string of the molecule is CC(C)c1ccc([C@H]2NC(=O)c3ccccc3N2)cc1. The highest BCUT2D eigenvalue weighted by Crippen LogP contribution is 2.27. The summed E-state index contributed by atoms with van der Waals surface area (Å²) in [6.07, 6.45) is -0.168. The molecule has 0 radical (unpaired) electrons. The third kappa shape index (κ3) is 2.27. The van der Waals surface area contributed by atoms with Crippen LogP contribution in [0.5, 0.6) is 0 Å². The predicted molar refractivity (Wildman–Crippen MR) is 80.8 cm³/mol. The number of anilines is 1. The van der Waals surface area contributed by atoms with Crippen LogP contribution in [0.1, 0.15) is 47.4 Å². The van der Waals surface area contributed by atoms with Gasteiger partial charge in [0.2, 0.25) is 0 Å². The van der Waals surface area contributed by atoms with Gasteiger partial charge in [-0.3, -0.25) is 4.79 Å². The molecule has 2 aromatic rings. The molecule has 3 heteroatoms. The minimum absolute atomic E-state index is 0.0303. The van der Waals surface area contributed by atoms with Crippen molar-refractivity contribution in [3.8, 4) is 0 Å². The summed E-state index contributed by atoms with van der Waals surface area (Å²) in [6.45, 7) is 4.35. The van der Waals surface area contributed by atoms with Gasteiger partial charge in [-0.25, -0.2) is 0 Å². The van der Waals surface area contributed by atoms with E-state index in [1.807, 2.05) is 24.3 Å². The molecule has 102 valence electrons. The number of benzene rings is 2. The zero-order valence-corrected chi connectivity index (χ0v) is 11.7. The lowest BCUT2D eigenvalue weighted by atomic mass is 10.00. The van der Waals surface area contributed by atoms with Crippen molar-refractivity contribution in [2.75, 3.05) is 5.32 Å². The Morgan fingerprint density at radius 3 is 2.35 bits per heavy atom. The van der Waals surface area contributed by atoms with E-state index in [1.165, 1.54) is 5.56 Å². The Kier molecular flexibility index (Phi) is 3.18. The van der Waals surface area contributed by atoms with Gasteiger partial charge >= 0.3 is 0 Å². The summed E-state index contributed by atoms with van der Waals surface area (Å²) in [6, 6.07) is 16.0. The van der Waals surface area contributed by atoms with Crippen molar-refractivity contribution in [1.29, 1.82) is 0 Å². The fourth-order valence-electron chi connectivity index (χ4n) is 2.45. The Morgan fingerprint density at radius 2 is 1.65 bits per heavy atom. The van der Waals surface area contributed by atoms with Gasteiger partial charge in [-0.15, -0.1) is 0 Å². The lowest BCUT2D eigenvalue weighted by Crippen LogP contribution is -2.38. The molecule has 0 spiro atoms. The molecule has 3 rings (SSSR count). The van der Waals surface area contributed by atoms with Gasteiger partial charge in [0, 0.05) is 5.69 Å². The van der Waals surface area contributed by atoms with E-state index in [4.69, 9.17) is 0 Å². The highest BCUT2D eigenvalue weighted by molar-refractivity contribution is 6.01. The molecule has 1 heterocycles. The third-order valence-electron chi connectivity index (χ3n) is 3.68. The number of hydrogen-bond donors (Lipinski definition) is 2. The van der Waals surface area contributed by atoms with Gasteiger partial charge in [-0.1, -0.05) is 50.2 Å². The fraction of sp³-hybridized carbons (Fsp3) is 0.235. The van der Waals surface area contributed by atoms with Crippen molar-refractivity contribution < 1.29 is 4.79 Å². The second-order valence-corrected chi connectivity index (χ2v) is 5.42. The summed E-state index contributed by atoms with van der Waals surface area (Å²) < 4.78 is 0. The molecule has 1 atom stereocenters. The summed E-state index contributed by atoms with van der Waals surface area (Å²) in [7, 11) is 0. The summed E-state index contributed by atoms with van der Waals surface area (Å²) in [5.41, 5.74) is 3.95. The molecule has 0 bridgehead atoms. The number of carbonyl (C=O) groups is 1. The molecular formula is C17H18N2O. The van der Waals surface area contributed by atoms with Crippen LogP contribution in [0, 0.1) is 0 Å². The molecule has 1 aliphatic heterocycles. The van der Waals surface area contributed by atoms with Crippen molar-refractivity contribution in [3.05, 3.63) is 65.2 Å². The smallest absolute Gasteiger partial charge is 0.255 e. The lowest BCUT2D eigenvalue weighted by molar-refractivity contribution is 0.0935. The monoisotopic (exact) mass is 266 g/mol. The summed E-state index contributed by atoms with van der Waals surface area (Å²) >= 11 is 0. The summed E-state index contributed by atoms with van der Waals surface area (Å²) in [5, 5.41) is 6.35. The third-order valence-corrected chi connectivity index (χ3v) is 3.68. The van der Waals surface area contributed by atoms with Gasteiger partial charge < -0.3 is 10.6 Å². The average Bonchev–Trinajstić information content (AvgIpc) is 2.47. The van der Waals surface area contributed by atoms with E-state index in [0.717, 1.165) is 11.3 Å². The van der Waals surface area contributed by atoms with Crippen molar-refractivity contribution >= 4 is 11.6 Å². The highest BCUT2D eigenvalue weighted by Gasteiger charge is 2.23. The van der Waals surface area contributed by atoms with Crippen LogP contribution in [-0.2, 0) is 0 Å². The normalized spacial score (nSPS) is 17.4. The van der Waals surface area contributed by atoms with Gasteiger partial charge in [0.25, 0.3) is 5.91 Å². The Balaban J connectivity index is 1.88. The summed E-state index contributed by atoms with van der Waals surface area (Å²) in [5.74, 6) is 0.482. The van der Waals surface area contributed by atoms with E-state index < -0.39 is 0 Å². The van der Waals surface area contributed by atoms with Gasteiger partial charge in [0.15, 0.2) is 0 Å². The van der Waals surface area contributed by atoms with Crippen LogP contribution < -0.4 is 10.6 Å². The number of amides is 1. The van der Waals surface area contributed by atoms with E-state index in [-0.39, 0.29) is 12.1 Å². The van der Waals surface area contributed by atoms with Crippen LogP contribution in [0.4, 0.5) is 5.69 Å². The zero-order valence-electron chi connectivity index (χ0n) is 11.7. The van der Waals surface area contributed by atoms with Crippen LogP contribution in [0.2, 0.25) is 0 Å². The van der Waals surface area contributed by atoms with Crippen LogP contribution >= 0.6 is 0 Å². The maximum absolute atomic E-state index is 12.1. The first kappa shape index (κ1) is 12.7. The number of carbonyl (C=O) groups excluding carboxylic acids is 1. The van der Waals surface area contributed by atoms with Gasteiger partial charge in [-0.2, -0.15) is 0 Å². The molecule has 0 saturated heterocycles. The number of para-hydroxylation sites is 1. The predicted octanol–water partition coefficient (Wildman–Crippen LogP) is 3.66. The minimum Gasteiger partial charge on any atom is -0.361 e. The Hall–Kier alpha value is -2.29. The number of rotatable bonds is 2. The van der Waals surface area contributed by atoms with E-state index in [1.54, 1.807) is 0 Å². The maximum Gasteiger partial charge on any atom is 0.255 e. The zero-order chi connectivity index (χ0) is 14.1. The summed E-state index contributed by atoms with van der Waals surface area (Å²) in [4.78, 5) is 12.1. The maximum atomic E-state index is 12.1. The van der Waals surface area contributed by atoms with E-state index in [2.05, 4.69) is 48.7 Å². The first-order chi connectivity index (χ1) is 9.65. The second kappa shape index (κ2) is 5.00. The Labute approximate surface area is 119 Å². The molecule has 2 N–H and O–H groups in total. The van der Waals surface area contributed by atoms with Crippen LogP contribution in [0.15, 0.2) is 48.5 Å². The topological polar surface area (TPSA) is 41.1 Å². The Bertz CT molecular complexity index is 632. The molecule has 1 aliphatic rings. The molecule has 0 fully saturated rings. The van der Waals surface area contributed by atoms with Gasteiger partial charge in [0.1, 0.15) is 6.17 Å². The molecule has 0 saturated carbocycles. The quantitative estimate of drug-likeness (QED) is 0.871. The van der Waals surface area contributed by atoms with E-state index in [9.17, 15) is 4.79 Å². The van der Waals surface area contributed by atoms with Crippen molar-refractivity contribution in [3.63, 3.8) is 0 Å². The minimum atomic E-state index is -0.168. The lowest BCUT2D eigenvalue weighted by Gasteiger charge is -2.28. The van der Waals surface area contributed by atoms with Crippen molar-refractivity contribution in [2.24, 2.45) is 0 Å². The van der Waals surface area contributed by atoms with E-state index >= 15 is 0 Å². The molecular weight excluding hydrogens is 248 g/mol. The van der Waals surface area contributed by atoms with E-state index in [0.29, 0.717) is 11.5 Å². The molecule has 2 aromatic carbocycles. The number of fused-ring (bicyclic) bond motifs is 1. The first-order valence-electron chi connectivity index (χ1n) is 6.91. The molecule has 0 aliphatic carbocycles. The molecule has 3 nitrogen and oxygen atoms in total. The van der Waals surface area contributed by atoms with Crippen LogP contribution in [0.25, 0.3) is 0 Å². The van der Waals surface area contributed by atoms with Crippen LogP contribution in [0.3, 0.4) is 0 Å². The van der Waals surface area contributed by atoms with Gasteiger partial charge in [-0.05, 0) is 29.2 Å². The standard InChI is InChI=1S/C17H18N2O/c1-11(2)12-7-9-13(10-8-12)16-18-15-6-4-3-5-14(15)17(20)19-16/h3-11,16,18H,1-2H3,(H,19,20)/t16-/m1/s1. The molecule has 20 heavy (non-hydrogen) atoms. The van der Waals surface area contributed by atoms with Crippen molar-refractivity contribution in [1.82, 2.24) is 5.32 Å². The van der Waals surface area contributed by atoms with Crippen LogP contribution in [-0.4, -0.2) is 5.91 Å². The first-order valence-corrected chi connectivity index (χ1v) is 6.91.